The zero-order valence-corrected chi connectivity index (χ0v) is 31.3. The molecule has 1 aliphatic heterocycles. The minimum Gasteiger partial charge on any atom is -0.346 e. The molecule has 1 unspecified atom stereocenters. The number of ketones is 1. The van der Waals surface area contributed by atoms with Crippen molar-refractivity contribution in [2.24, 2.45) is 11.3 Å². The number of nitrogens with zero attached hydrogens (tertiary/aromatic N) is 1. The SMILES string of the molecule is C#CCCC(NC(=O)[C@@H]1[C@@H](C=C(C)C)CCN1C(=O)[C@@H](NC(=O)N[C@H]1CCCC[C@H]1S(=O)(=O)C(C)(C)C)C(C)(C)C)C(=O)C(=O)NCC=C. The number of terminal acetylenes is 1. The molecule has 1 saturated carbocycles. The van der Waals surface area contributed by atoms with Gasteiger partial charge in [-0.25, -0.2) is 13.2 Å². The fraction of sp³-hybridized carbons (Fsp3) is 0.694. The Bertz CT molecular complexity index is 1430. The number of rotatable bonds is 13. The monoisotopic (exact) mass is 703 g/mol. The van der Waals surface area contributed by atoms with Crippen molar-refractivity contribution in [3.8, 4) is 12.3 Å². The van der Waals surface area contributed by atoms with Crippen LogP contribution in [0.4, 0.5) is 4.79 Å². The average molecular weight is 704 g/mol. The summed E-state index contributed by atoms with van der Waals surface area (Å²) >= 11 is 0. The van der Waals surface area contributed by atoms with Gasteiger partial charge >= 0.3 is 6.03 Å². The Hall–Kier alpha value is -3.66. The van der Waals surface area contributed by atoms with Crippen LogP contribution in [0.15, 0.2) is 24.3 Å². The zero-order valence-electron chi connectivity index (χ0n) is 30.5. The van der Waals surface area contributed by atoms with Crippen LogP contribution in [-0.4, -0.2) is 90.1 Å². The third-order valence-corrected chi connectivity index (χ3v) is 12.1. The molecule has 0 aromatic heterocycles. The molecular formula is C36H57N5O7S. The number of allylic oxidation sites excluding steroid dienone is 1. The lowest BCUT2D eigenvalue weighted by molar-refractivity contribution is -0.144. The van der Waals surface area contributed by atoms with Crippen LogP contribution in [0.1, 0.15) is 100 Å². The number of nitrogens with one attached hydrogen (secondary N) is 4. The van der Waals surface area contributed by atoms with Gasteiger partial charge in [0, 0.05) is 31.5 Å². The number of amides is 5. The van der Waals surface area contributed by atoms with E-state index in [1.54, 1.807) is 41.5 Å². The highest BCUT2D eigenvalue weighted by molar-refractivity contribution is 7.93. The van der Waals surface area contributed by atoms with Gasteiger partial charge in [-0.3, -0.25) is 19.2 Å². The number of likely N-dealkylation sites (tertiary alicyclic amines) is 1. The van der Waals surface area contributed by atoms with Gasteiger partial charge in [0.2, 0.25) is 17.6 Å². The molecule has 4 N–H and O–H groups in total. The molecule has 0 aromatic rings. The highest BCUT2D eigenvalue weighted by Gasteiger charge is 2.47. The van der Waals surface area contributed by atoms with Crippen LogP contribution in [-0.2, 0) is 29.0 Å². The van der Waals surface area contributed by atoms with Crippen molar-refractivity contribution in [3.63, 3.8) is 0 Å². The van der Waals surface area contributed by atoms with Gasteiger partial charge < -0.3 is 26.2 Å². The molecule has 274 valence electrons. The van der Waals surface area contributed by atoms with Crippen LogP contribution >= 0.6 is 0 Å². The van der Waals surface area contributed by atoms with Crippen molar-refractivity contribution in [2.75, 3.05) is 13.1 Å². The van der Waals surface area contributed by atoms with Crippen molar-refractivity contribution in [3.05, 3.63) is 24.3 Å². The molecule has 2 fully saturated rings. The van der Waals surface area contributed by atoms with Gasteiger partial charge in [-0.05, 0) is 65.7 Å². The molecule has 0 radical (unpaired) electrons. The van der Waals surface area contributed by atoms with Gasteiger partial charge in [0.05, 0.1) is 16.0 Å². The highest BCUT2D eigenvalue weighted by atomic mass is 32.2. The van der Waals surface area contributed by atoms with Crippen molar-refractivity contribution in [1.29, 1.82) is 0 Å². The Morgan fingerprint density at radius 3 is 2.18 bits per heavy atom. The van der Waals surface area contributed by atoms with E-state index < -0.39 is 84.9 Å². The van der Waals surface area contributed by atoms with E-state index in [-0.39, 0.29) is 25.9 Å². The standard InChI is InChI=1S/C36H57N5O7S/c1-11-13-16-26(29(42)32(44)37-20-12-2)38-31(43)28-24(22-23(3)4)19-21-41(28)33(45)30(35(5,6)7)40-34(46)39-25-17-14-15-18-27(25)49(47,48)36(8,9)10/h1,12,22,24-28,30H,2,13-21H2,3-10H3,(H,37,44)(H,38,43)(H2,39,40,46)/t24-,25+,26?,27-,28+,30-/m1/s1. The number of hydrogen-bond acceptors (Lipinski definition) is 7. The van der Waals surface area contributed by atoms with Gasteiger partial charge in [-0.15, -0.1) is 18.9 Å². The average Bonchev–Trinajstić information content (AvgIpc) is 3.41. The molecule has 2 rings (SSSR count). The van der Waals surface area contributed by atoms with Crippen LogP contribution in [0.3, 0.4) is 0 Å². The van der Waals surface area contributed by atoms with Crippen LogP contribution in [0, 0.1) is 23.7 Å². The third-order valence-electron chi connectivity index (χ3n) is 9.04. The minimum atomic E-state index is -3.58. The maximum absolute atomic E-state index is 14.4. The van der Waals surface area contributed by atoms with Crippen molar-refractivity contribution in [1.82, 2.24) is 26.2 Å². The highest BCUT2D eigenvalue weighted by Crippen LogP contribution is 2.33. The Kier molecular flexibility index (Phi) is 14.7. The van der Waals surface area contributed by atoms with E-state index in [0.717, 1.165) is 18.4 Å². The largest absolute Gasteiger partial charge is 0.346 e. The molecule has 12 nitrogen and oxygen atoms in total. The van der Waals surface area contributed by atoms with Gasteiger partial charge in [0.15, 0.2) is 9.84 Å². The molecule has 0 aromatic carbocycles. The summed E-state index contributed by atoms with van der Waals surface area (Å²) in [7, 11) is -3.58. The van der Waals surface area contributed by atoms with Gasteiger partial charge in [-0.1, -0.05) is 51.3 Å². The fourth-order valence-electron chi connectivity index (χ4n) is 6.41. The second-order valence-corrected chi connectivity index (χ2v) is 18.3. The molecule has 6 atom stereocenters. The van der Waals surface area contributed by atoms with E-state index in [1.807, 2.05) is 19.9 Å². The van der Waals surface area contributed by atoms with E-state index in [0.29, 0.717) is 19.3 Å². The maximum atomic E-state index is 14.4. The Labute approximate surface area is 293 Å². The number of carbonyl (C=O) groups excluding carboxylic acids is 5. The zero-order chi connectivity index (χ0) is 37.3. The third kappa shape index (κ3) is 10.9. The topological polar surface area (TPSA) is 171 Å². The number of Topliss-reactive ketones (excluding diaryl/α,β-unsaturated/α-hetero) is 1. The Morgan fingerprint density at radius 2 is 1.63 bits per heavy atom. The van der Waals surface area contributed by atoms with E-state index in [4.69, 9.17) is 6.42 Å². The first kappa shape index (κ1) is 41.5. The molecule has 1 heterocycles. The molecule has 0 spiro atoms. The molecule has 0 bridgehead atoms. The normalized spacial score (nSPS) is 22.5. The number of hydrogen-bond donors (Lipinski definition) is 4. The number of urea groups is 1. The van der Waals surface area contributed by atoms with Crippen molar-refractivity contribution >= 4 is 39.4 Å². The lowest BCUT2D eigenvalue weighted by atomic mass is 9.85. The van der Waals surface area contributed by atoms with Crippen molar-refractivity contribution in [2.45, 2.75) is 134 Å². The quantitative estimate of drug-likeness (QED) is 0.130. The molecular weight excluding hydrogens is 646 g/mol. The summed E-state index contributed by atoms with van der Waals surface area (Å²) < 4.78 is 25.8. The molecule has 49 heavy (non-hydrogen) atoms. The number of sulfone groups is 1. The predicted molar refractivity (Wildman–Crippen MR) is 191 cm³/mol. The summed E-state index contributed by atoms with van der Waals surface area (Å²) in [5.74, 6) is -0.824. The summed E-state index contributed by atoms with van der Waals surface area (Å²) in [5, 5.41) is 10.0. The molecule has 1 aliphatic carbocycles. The fourth-order valence-corrected chi connectivity index (χ4v) is 8.43. The van der Waals surface area contributed by atoms with Gasteiger partial charge in [0.25, 0.3) is 5.91 Å². The van der Waals surface area contributed by atoms with Crippen molar-refractivity contribution < 1.29 is 32.4 Å². The van der Waals surface area contributed by atoms with Gasteiger partial charge in [0.1, 0.15) is 12.1 Å². The summed E-state index contributed by atoms with van der Waals surface area (Å²) in [4.78, 5) is 68.8. The first-order valence-electron chi connectivity index (χ1n) is 17.1. The second kappa shape index (κ2) is 17.3. The predicted octanol–water partition coefficient (Wildman–Crippen LogP) is 3.18. The van der Waals surface area contributed by atoms with E-state index >= 15 is 0 Å². The summed E-state index contributed by atoms with van der Waals surface area (Å²) in [6.45, 7) is 17.9. The Morgan fingerprint density at radius 1 is 1.00 bits per heavy atom. The van der Waals surface area contributed by atoms with Crippen LogP contribution in [0.25, 0.3) is 0 Å². The molecule has 13 heteroatoms. The van der Waals surface area contributed by atoms with Gasteiger partial charge in [-0.2, -0.15) is 0 Å². The summed E-state index contributed by atoms with van der Waals surface area (Å²) in [6, 6.07) is -4.62. The van der Waals surface area contributed by atoms with E-state index in [9.17, 15) is 32.4 Å². The first-order chi connectivity index (χ1) is 22.7. The lowest BCUT2D eigenvalue weighted by Crippen LogP contribution is -2.62. The second-order valence-electron chi connectivity index (χ2n) is 15.3. The Balaban J connectivity index is 2.39. The first-order valence-corrected chi connectivity index (χ1v) is 18.6. The maximum Gasteiger partial charge on any atom is 0.315 e. The van der Waals surface area contributed by atoms with Crippen LogP contribution < -0.4 is 21.3 Å². The van der Waals surface area contributed by atoms with E-state index in [2.05, 4.69) is 33.8 Å². The molecule has 5 amide bonds. The summed E-state index contributed by atoms with van der Waals surface area (Å²) in [6.07, 6.45) is 11.8. The van der Waals surface area contributed by atoms with Crippen LogP contribution in [0.5, 0.6) is 0 Å². The number of carbonyl (C=O) groups is 5. The molecule has 2 aliphatic rings. The minimum absolute atomic E-state index is 0.0238. The lowest BCUT2D eigenvalue weighted by Gasteiger charge is -2.38. The summed E-state index contributed by atoms with van der Waals surface area (Å²) in [5.41, 5.74) is 0.125. The van der Waals surface area contributed by atoms with Crippen LogP contribution in [0.2, 0.25) is 0 Å². The van der Waals surface area contributed by atoms with E-state index in [1.165, 1.54) is 11.0 Å². The molecule has 1 saturated heterocycles. The smallest absolute Gasteiger partial charge is 0.315 e.